The summed E-state index contributed by atoms with van der Waals surface area (Å²) in [6.07, 6.45) is 7.22. The zero-order chi connectivity index (χ0) is 18.5. The molecule has 2 heterocycles. The van der Waals surface area contributed by atoms with Crippen LogP contribution in [0.5, 0.6) is 0 Å². The molecule has 0 radical (unpaired) electrons. The summed E-state index contributed by atoms with van der Waals surface area (Å²) >= 11 is 6.01. The Bertz CT molecular complexity index is 1060. The minimum absolute atomic E-state index is 0.656. The first-order chi connectivity index (χ1) is 13.3. The Morgan fingerprint density at radius 1 is 1.00 bits per heavy atom. The molecule has 27 heavy (non-hydrogen) atoms. The molecule has 0 aliphatic carbocycles. The number of halogens is 1. The minimum Gasteiger partial charge on any atom is -0.278 e. The first kappa shape index (κ1) is 17.0. The van der Waals surface area contributed by atoms with Crippen molar-refractivity contribution >= 4 is 23.5 Å². The quantitative estimate of drug-likeness (QED) is 0.394. The fourth-order valence-corrected chi connectivity index (χ4v) is 2.85. The molecule has 2 aromatic heterocycles. The predicted molar refractivity (Wildman–Crippen MR) is 109 cm³/mol. The van der Waals surface area contributed by atoms with Crippen molar-refractivity contribution in [2.24, 2.45) is 5.10 Å². The highest BCUT2D eigenvalue weighted by Crippen LogP contribution is 2.22. The van der Waals surface area contributed by atoms with Crippen molar-refractivity contribution in [1.82, 2.24) is 14.8 Å². The van der Waals surface area contributed by atoms with E-state index in [1.807, 2.05) is 77.6 Å². The van der Waals surface area contributed by atoms with Gasteiger partial charge in [0.15, 0.2) is 0 Å². The molecule has 4 aromatic rings. The third-order valence-electron chi connectivity index (χ3n) is 3.92. The summed E-state index contributed by atoms with van der Waals surface area (Å²) in [7, 11) is 0. The van der Waals surface area contributed by atoms with Crippen molar-refractivity contribution in [2.45, 2.75) is 0 Å². The van der Waals surface area contributed by atoms with E-state index in [4.69, 9.17) is 16.7 Å². The minimum atomic E-state index is 0.656. The van der Waals surface area contributed by atoms with Gasteiger partial charge in [-0.1, -0.05) is 35.9 Å². The molecule has 1 N–H and O–H groups in total. The maximum absolute atomic E-state index is 6.01. The molecule has 0 aliphatic rings. The van der Waals surface area contributed by atoms with Gasteiger partial charge in [0.2, 0.25) is 0 Å². The summed E-state index contributed by atoms with van der Waals surface area (Å²) in [6.45, 7) is 0. The number of nitrogens with one attached hydrogen (secondary N) is 1. The summed E-state index contributed by atoms with van der Waals surface area (Å²) in [4.78, 5) is 4.20. The molecular formula is C21H16ClN5. The number of benzene rings is 2. The van der Waals surface area contributed by atoms with Gasteiger partial charge in [0.1, 0.15) is 5.69 Å². The van der Waals surface area contributed by atoms with E-state index in [-0.39, 0.29) is 0 Å². The number of rotatable bonds is 5. The van der Waals surface area contributed by atoms with Crippen LogP contribution < -0.4 is 5.43 Å². The topological polar surface area (TPSA) is 55.1 Å². The molecule has 2 aromatic carbocycles. The molecule has 0 atom stereocenters. The first-order valence-electron chi connectivity index (χ1n) is 8.40. The van der Waals surface area contributed by atoms with E-state index < -0.39 is 0 Å². The van der Waals surface area contributed by atoms with Gasteiger partial charge in [-0.05, 0) is 42.5 Å². The van der Waals surface area contributed by atoms with Gasteiger partial charge < -0.3 is 0 Å². The smallest absolute Gasteiger partial charge is 0.103 e. The van der Waals surface area contributed by atoms with Crippen molar-refractivity contribution < 1.29 is 0 Å². The zero-order valence-corrected chi connectivity index (χ0v) is 15.1. The highest BCUT2D eigenvalue weighted by molar-refractivity contribution is 6.30. The van der Waals surface area contributed by atoms with Crippen LogP contribution in [0.15, 0.2) is 90.4 Å². The Balaban J connectivity index is 1.68. The average Bonchev–Trinajstić information content (AvgIpc) is 3.14. The molecule has 0 spiro atoms. The third-order valence-corrected chi connectivity index (χ3v) is 4.16. The van der Waals surface area contributed by atoms with Crippen LogP contribution in [0, 0.1) is 0 Å². The summed E-state index contributed by atoms with van der Waals surface area (Å²) in [6, 6.07) is 21.2. The second-order valence-corrected chi connectivity index (χ2v) is 6.27. The number of pyridine rings is 1. The van der Waals surface area contributed by atoms with Gasteiger partial charge >= 0.3 is 0 Å². The lowest BCUT2D eigenvalue weighted by Gasteiger charge is -2.00. The number of hydrazone groups is 1. The Hall–Kier alpha value is -3.44. The zero-order valence-electron chi connectivity index (χ0n) is 14.3. The van der Waals surface area contributed by atoms with Crippen LogP contribution in [0.4, 0.5) is 5.69 Å². The van der Waals surface area contributed by atoms with E-state index >= 15 is 0 Å². The van der Waals surface area contributed by atoms with Crippen LogP contribution in [-0.2, 0) is 0 Å². The monoisotopic (exact) mass is 373 g/mol. The molecule has 0 unspecified atom stereocenters. The summed E-state index contributed by atoms with van der Waals surface area (Å²) in [5, 5.41) is 9.72. The Labute approximate surface area is 162 Å². The van der Waals surface area contributed by atoms with Crippen LogP contribution in [0.1, 0.15) is 5.56 Å². The largest absolute Gasteiger partial charge is 0.278 e. The maximum Gasteiger partial charge on any atom is 0.103 e. The molecule has 5 nitrogen and oxygen atoms in total. The molecular weight excluding hydrogens is 358 g/mol. The number of nitrogens with zero attached hydrogens (tertiary/aromatic N) is 4. The maximum atomic E-state index is 6.01. The fourth-order valence-electron chi connectivity index (χ4n) is 2.66. The molecule has 0 bridgehead atoms. The SMILES string of the molecule is Clc1cccc(NN=Cc2cn(-c3ccccc3)nc2-c2cccnc2)c1. The molecule has 0 saturated carbocycles. The average molecular weight is 374 g/mol. The Kier molecular flexibility index (Phi) is 4.94. The van der Waals surface area contributed by atoms with Crippen LogP contribution in [0.2, 0.25) is 5.02 Å². The van der Waals surface area contributed by atoms with Crippen molar-refractivity contribution in [3.05, 3.63) is 95.9 Å². The molecule has 6 heteroatoms. The van der Waals surface area contributed by atoms with Crippen molar-refractivity contribution in [1.29, 1.82) is 0 Å². The van der Waals surface area contributed by atoms with Gasteiger partial charge in [0.25, 0.3) is 0 Å². The van der Waals surface area contributed by atoms with Gasteiger partial charge in [0, 0.05) is 34.7 Å². The fraction of sp³-hybridized carbons (Fsp3) is 0. The third kappa shape index (κ3) is 4.04. The highest BCUT2D eigenvalue weighted by Gasteiger charge is 2.11. The molecule has 132 valence electrons. The highest BCUT2D eigenvalue weighted by atomic mass is 35.5. The van der Waals surface area contributed by atoms with Crippen LogP contribution in [0.3, 0.4) is 0 Å². The molecule has 0 amide bonds. The van der Waals surface area contributed by atoms with E-state index in [2.05, 4.69) is 15.5 Å². The van der Waals surface area contributed by atoms with Crippen molar-refractivity contribution in [2.75, 3.05) is 5.43 Å². The number of hydrogen-bond acceptors (Lipinski definition) is 4. The van der Waals surface area contributed by atoms with Gasteiger partial charge in [-0.15, -0.1) is 0 Å². The van der Waals surface area contributed by atoms with Crippen molar-refractivity contribution in [3.8, 4) is 16.9 Å². The second-order valence-electron chi connectivity index (χ2n) is 5.84. The predicted octanol–water partition coefficient (Wildman–Crippen LogP) is 5.03. The van der Waals surface area contributed by atoms with E-state index in [0.29, 0.717) is 5.02 Å². The molecule has 0 saturated heterocycles. The summed E-state index contributed by atoms with van der Waals surface area (Å²) < 4.78 is 1.84. The lowest BCUT2D eigenvalue weighted by atomic mass is 10.1. The number of aromatic nitrogens is 3. The molecule has 0 aliphatic heterocycles. The summed E-state index contributed by atoms with van der Waals surface area (Å²) in [5.74, 6) is 0. The second kappa shape index (κ2) is 7.85. The van der Waals surface area contributed by atoms with E-state index in [9.17, 15) is 0 Å². The first-order valence-corrected chi connectivity index (χ1v) is 8.77. The molecule has 4 rings (SSSR count). The van der Waals surface area contributed by atoms with Gasteiger partial charge in [0.05, 0.1) is 17.6 Å². The van der Waals surface area contributed by atoms with E-state index in [1.165, 1.54) is 0 Å². The number of hydrogen-bond donors (Lipinski definition) is 1. The van der Waals surface area contributed by atoms with Gasteiger partial charge in [-0.25, -0.2) is 4.68 Å². The van der Waals surface area contributed by atoms with E-state index in [0.717, 1.165) is 28.2 Å². The number of anilines is 1. The lowest BCUT2D eigenvalue weighted by Crippen LogP contribution is -1.94. The molecule has 0 fully saturated rings. The normalized spacial score (nSPS) is 11.0. The van der Waals surface area contributed by atoms with Crippen LogP contribution in [0.25, 0.3) is 16.9 Å². The summed E-state index contributed by atoms with van der Waals surface area (Å²) in [5.41, 5.74) is 7.40. The Morgan fingerprint density at radius 3 is 2.67 bits per heavy atom. The standard InChI is InChI=1S/C21H16ClN5/c22-18-7-4-8-19(12-18)25-24-14-17-15-27(20-9-2-1-3-10-20)26-21(17)16-6-5-11-23-13-16/h1-15,25H. The van der Waals surface area contributed by atoms with Gasteiger partial charge in [-0.3, -0.25) is 10.4 Å². The van der Waals surface area contributed by atoms with Gasteiger partial charge in [-0.2, -0.15) is 10.2 Å². The number of para-hydroxylation sites is 1. The van der Waals surface area contributed by atoms with Crippen LogP contribution in [-0.4, -0.2) is 21.0 Å². The Morgan fingerprint density at radius 2 is 1.89 bits per heavy atom. The van der Waals surface area contributed by atoms with Crippen LogP contribution >= 0.6 is 11.6 Å². The van der Waals surface area contributed by atoms with E-state index in [1.54, 1.807) is 18.6 Å². The van der Waals surface area contributed by atoms with Crippen molar-refractivity contribution in [3.63, 3.8) is 0 Å². The lowest BCUT2D eigenvalue weighted by molar-refractivity contribution is 0.884.